The highest BCUT2D eigenvalue weighted by Crippen LogP contribution is 2.29. The minimum Gasteiger partial charge on any atom is -0.507 e. The number of para-hydroxylation sites is 1. The van der Waals surface area contributed by atoms with Crippen LogP contribution in [0.5, 0.6) is 5.75 Å². The largest absolute Gasteiger partial charge is 0.507 e. The van der Waals surface area contributed by atoms with Crippen LogP contribution in [-0.4, -0.2) is 15.2 Å². The molecule has 1 N–H and O–H groups in total. The molecule has 5 nitrogen and oxygen atoms in total. The lowest BCUT2D eigenvalue weighted by molar-refractivity contribution is 0.425. The molecular weight excluding hydrogens is 232 g/mol. The van der Waals surface area contributed by atoms with Crippen molar-refractivity contribution >= 4 is 0 Å². The highest BCUT2D eigenvalue weighted by Gasteiger charge is 2.15. The summed E-state index contributed by atoms with van der Waals surface area (Å²) in [6.07, 6.45) is 1.57. The zero-order valence-corrected chi connectivity index (χ0v) is 9.62. The molecule has 0 bridgehead atoms. The summed E-state index contributed by atoms with van der Waals surface area (Å²) in [4.78, 5) is 4.25. The van der Waals surface area contributed by atoms with Crippen LogP contribution in [0.1, 0.15) is 5.76 Å². The van der Waals surface area contributed by atoms with Gasteiger partial charge in [-0.05, 0) is 25.1 Å². The van der Waals surface area contributed by atoms with Crippen LogP contribution in [0, 0.1) is 6.92 Å². The van der Waals surface area contributed by atoms with Crippen molar-refractivity contribution in [1.29, 1.82) is 0 Å². The first-order valence-corrected chi connectivity index (χ1v) is 5.42. The van der Waals surface area contributed by atoms with Crippen LogP contribution in [0.15, 0.2) is 45.5 Å². The predicted molar refractivity (Wildman–Crippen MR) is 63.8 cm³/mol. The van der Waals surface area contributed by atoms with Gasteiger partial charge in [0.05, 0.1) is 17.4 Å². The molecule has 0 saturated heterocycles. The fraction of sp³-hybridized carbons (Fsp3) is 0.0769. The monoisotopic (exact) mass is 242 g/mol. The molecule has 0 aliphatic heterocycles. The summed E-state index contributed by atoms with van der Waals surface area (Å²) in [6, 6.07) is 8.59. The Morgan fingerprint density at radius 1 is 1.11 bits per heavy atom. The molecule has 0 spiro atoms. The van der Waals surface area contributed by atoms with E-state index in [0.717, 1.165) is 11.3 Å². The van der Waals surface area contributed by atoms with Crippen molar-refractivity contribution < 1.29 is 14.0 Å². The van der Waals surface area contributed by atoms with Gasteiger partial charge in [0.25, 0.3) is 5.89 Å². The molecule has 0 amide bonds. The Bertz CT molecular complexity index is 685. The molecule has 0 radical (unpaired) electrons. The van der Waals surface area contributed by atoms with Gasteiger partial charge in [0.1, 0.15) is 11.5 Å². The van der Waals surface area contributed by atoms with Gasteiger partial charge in [-0.25, -0.2) is 0 Å². The molecule has 0 aliphatic carbocycles. The van der Waals surface area contributed by atoms with Crippen LogP contribution in [0.25, 0.3) is 22.8 Å². The molecule has 0 aliphatic rings. The van der Waals surface area contributed by atoms with Gasteiger partial charge in [-0.1, -0.05) is 17.3 Å². The van der Waals surface area contributed by atoms with E-state index in [4.69, 9.17) is 8.94 Å². The number of benzene rings is 1. The fourth-order valence-corrected chi connectivity index (χ4v) is 1.71. The summed E-state index contributed by atoms with van der Waals surface area (Å²) in [7, 11) is 0. The van der Waals surface area contributed by atoms with Crippen molar-refractivity contribution in [1.82, 2.24) is 10.1 Å². The number of aromatic hydroxyl groups is 1. The van der Waals surface area contributed by atoms with Gasteiger partial charge >= 0.3 is 0 Å². The van der Waals surface area contributed by atoms with E-state index >= 15 is 0 Å². The summed E-state index contributed by atoms with van der Waals surface area (Å²) in [6.45, 7) is 1.82. The topological polar surface area (TPSA) is 72.3 Å². The number of hydrogen-bond donors (Lipinski definition) is 1. The Morgan fingerprint density at radius 3 is 2.67 bits per heavy atom. The van der Waals surface area contributed by atoms with Gasteiger partial charge in [0.2, 0.25) is 5.82 Å². The lowest BCUT2D eigenvalue weighted by atomic mass is 10.2. The van der Waals surface area contributed by atoms with Crippen molar-refractivity contribution in [2.45, 2.75) is 6.92 Å². The summed E-state index contributed by atoms with van der Waals surface area (Å²) >= 11 is 0. The molecule has 90 valence electrons. The Balaban J connectivity index is 2.05. The predicted octanol–water partition coefficient (Wildman–Crippen LogP) is 3.01. The van der Waals surface area contributed by atoms with E-state index in [2.05, 4.69) is 10.1 Å². The Kier molecular flexibility index (Phi) is 2.37. The van der Waals surface area contributed by atoms with E-state index in [1.54, 1.807) is 36.6 Å². The molecule has 0 fully saturated rings. The number of aromatic nitrogens is 2. The molecule has 0 saturated carbocycles. The first kappa shape index (κ1) is 10.6. The van der Waals surface area contributed by atoms with E-state index in [0.29, 0.717) is 11.4 Å². The lowest BCUT2D eigenvalue weighted by Gasteiger charge is -1.96. The first-order chi connectivity index (χ1) is 8.75. The van der Waals surface area contributed by atoms with Crippen LogP contribution >= 0.6 is 0 Å². The van der Waals surface area contributed by atoms with Crippen LogP contribution in [0.3, 0.4) is 0 Å². The fourth-order valence-electron chi connectivity index (χ4n) is 1.71. The molecule has 2 aromatic heterocycles. The zero-order valence-electron chi connectivity index (χ0n) is 9.62. The number of nitrogens with zero attached hydrogens (tertiary/aromatic N) is 2. The van der Waals surface area contributed by atoms with Crippen molar-refractivity contribution in [2.75, 3.05) is 0 Å². The number of phenolic OH excluding ortho intramolecular Hbond substituents is 1. The number of furan rings is 1. The second-order valence-corrected chi connectivity index (χ2v) is 3.83. The van der Waals surface area contributed by atoms with E-state index in [1.165, 1.54) is 0 Å². The standard InChI is InChI=1S/C13H10N2O3/c1-8-9(6-7-17-8)12-14-13(18-15-12)10-4-2-3-5-11(10)16/h2-7,16H,1H3. The summed E-state index contributed by atoms with van der Waals surface area (Å²) in [5, 5.41) is 13.6. The molecule has 3 aromatic rings. The molecule has 0 atom stereocenters. The second-order valence-electron chi connectivity index (χ2n) is 3.83. The summed E-state index contributed by atoms with van der Waals surface area (Å²) in [5.74, 6) is 1.56. The molecule has 5 heteroatoms. The summed E-state index contributed by atoms with van der Waals surface area (Å²) in [5.41, 5.74) is 1.29. The van der Waals surface area contributed by atoms with Gasteiger partial charge in [-0.15, -0.1) is 0 Å². The molecule has 2 heterocycles. The van der Waals surface area contributed by atoms with Gasteiger partial charge in [0.15, 0.2) is 0 Å². The second kappa shape index (κ2) is 4.03. The van der Waals surface area contributed by atoms with Crippen LogP contribution in [0.2, 0.25) is 0 Å². The number of rotatable bonds is 2. The Labute approximate surface area is 103 Å². The van der Waals surface area contributed by atoms with E-state index in [1.807, 2.05) is 6.92 Å². The molecule has 18 heavy (non-hydrogen) atoms. The van der Waals surface area contributed by atoms with Gasteiger partial charge < -0.3 is 14.0 Å². The van der Waals surface area contributed by atoms with Crippen LogP contribution < -0.4 is 0 Å². The first-order valence-electron chi connectivity index (χ1n) is 5.42. The van der Waals surface area contributed by atoms with Crippen LogP contribution in [-0.2, 0) is 0 Å². The third-order valence-electron chi connectivity index (χ3n) is 2.66. The van der Waals surface area contributed by atoms with E-state index in [9.17, 15) is 5.11 Å². The summed E-state index contributed by atoms with van der Waals surface area (Å²) < 4.78 is 10.3. The van der Waals surface area contributed by atoms with E-state index in [-0.39, 0.29) is 11.6 Å². The van der Waals surface area contributed by atoms with Crippen LogP contribution in [0.4, 0.5) is 0 Å². The smallest absolute Gasteiger partial charge is 0.261 e. The van der Waals surface area contributed by atoms with Crippen molar-refractivity contribution in [3.63, 3.8) is 0 Å². The number of phenols is 1. The highest BCUT2D eigenvalue weighted by molar-refractivity contribution is 5.65. The zero-order chi connectivity index (χ0) is 12.5. The van der Waals surface area contributed by atoms with Crippen molar-refractivity contribution in [3.05, 3.63) is 42.4 Å². The third-order valence-corrected chi connectivity index (χ3v) is 2.66. The lowest BCUT2D eigenvalue weighted by Crippen LogP contribution is -1.81. The minimum absolute atomic E-state index is 0.108. The Morgan fingerprint density at radius 2 is 1.94 bits per heavy atom. The molecule has 0 unspecified atom stereocenters. The number of aryl methyl sites for hydroxylation is 1. The normalized spacial score (nSPS) is 10.7. The van der Waals surface area contributed by atoms with E-state index < -0.39 is 0 Å². The number of hydrogen-bond acceptors (Lipinski definition) is 5. The van der Waals surface area contributed by atoms with Gasteiger partial charge in [-0.3, -0.25) is 0 Å². The average Bonchev–Trinajstić information content (AvgIpc) is 2.98. The van der Waals surface area contributed by atoms with Crippen molar-refractivity contribution in [2.24, 2.45) is 0 Å². The Hall–Kier alpha value is -2.56. The quantitative estimate of drug-likeness (QED) is 0.747. The SMILES string of the molecule is Cc1occc1-c1noc(-c2ccccc2O)n1. The molecular formula is C13H10N2O3. The van der Waals surface area contributed by atoms with Gasteiger partial charge in [-0.2, -0.15) is 4.98 Å². The third kappa shape index (κ3) is 1.66. The molecule has 1 aromatic carbocycles. The van der Waals surface area contributed by atoms with Gasteiger partial charge in [0, 0.05) is 0 Å². The maximum atomic E-state index is 9.71. The van der Waals surface area contributed by atoms with Crippen molar-refractivity contribution in [3.8, 4) is 28.6 Å². The minimum atomic E-state index is 0.108. The highest BCUT2D eigenvalue weighted by atomic mass is 16.5. The maximum absolute atomic E-state index is 9.71. The molecule has 3 rings (SSSR count). The average molecular weight is 242 g/mol. The maximum Gasteiger partial charge on any atom is 0.261 e.